The molecule has 2 N–H and O–H groups in total. The summed E-state index contributed by atoms with van der Waals surface area (Å²) >= 11 is 0. The Labute approximate surface area is 160 Å². The van der Waals surface area contributed by atoms with Crippen LogP contribution in [0, 0.1) is 6.92 Å². The molecule has 2 amide bonds. The minimum atomic E-state index is -0.165. The SMILES string of the molecule is Cc1cccc(C(C)C)c1NC(=O)/C=C/c1ccc(C(=O)NC2CC2)cc1. The molecule has 0 aliphatic heterocycles. The molecule has 1 saturated carbocycles. The molecule has 2 aromatic carbocycles. The maximum Gasteiger partial charge on any atom is 0.251 e. The second-order valence-electron chi connectivity index (χ2n) is 7.39. The number of hydrogen-bond acceptors (Lipinski definition) is 2. The van der Waals surface area contributed by atoms with E-state index in [0.29, 0.717) is 17.5 Å². The molecule has 2 aromatic rings. The van der Waals surface area contributed by atoms with Crippen LogP contribution in [-0.4, -0.2) is 17.9 Å². The Bertz CT molecular complexity index is 862. The standard InChI is InChI=1S/C23H26N2O2/c1-15(2)20-6-4-5-16(3)22(20)25-21(26)14-9-17-7-10-18(11-8-17)23(27)24-19-12-13-19/h4-11,14-15,19H,12-13H2,1-3H3,(H,24,27)(H,25,26)/b14-9+. The van der Waals surface area contributed by atoms with Crippen LogP contribution < -0.4 is 10.6 Å². The lowest BCUT2D eigenvalue weighted by molar-refractivity contribution is -0.111. The molecular weight excluding hydrogens is 336 g/mol. The zero-order chi connectivity index (χ0) is 19.4. The highest BCUT2D eigenvalue weighted by molar-refractivity contribution is 6.03. The first-order valence-electron chi connectivity index (χ1n) is 9.43. The Kier molecular flexibility index (Phi) is 5.75. The van der Waals surface area contributed by atoms with Gasteiger partial charge in [0.1, 0.15) is 0 Å². The molecule has 1 aliphatic carbocycles. The van der Waals surface area contributed by atoms with Crippen LogP contribution >= 0.6 is 0 Å². The van der Waals surface area contributed by atoms with Crippen LogP contribution in [-0.2, 0) is 4.79 Å². The largest absolute Gasteiger partial charge is 0.349 e. The van der Waals surface area contributed by atoms with E-state index in [1.165, 1.54) is 6.08 Å². The first-order chi connectivity index (χ1) is 12.9. The Morgan fingerprint density at radius 2 is 1.78 bits per heavy atom. The van der Waals surface area contributed by atoms with E-state index < -0.39 is 0 Å². The molecule has 0 radical (unpaired) electrons. The Balaban J connectivity index is 1.64. The lowest BCUT2D eigenvalue weighted by atomic mass is 9.98. The first-order valence-corrected chi connectivity index (χ1v) is 9.43. The molecule has 0 heterocycles. The second kappa shape index (κ2) is 8.21. The molecule has 0 aromatic heterocycles. The van der Waals surface area contributed by atoms with Crippen molar-refractivity contribution in [1.82, 2.24) is 5.32 Å². The van der Waals surface area contributed by atoms with E-state index in [1.807, 2.05) is 37.3 Å². The number of carbonyl (C=O) groups excluding carboxylic acids is 2. The van der Waals surface area contributed by atoms with Crippen molar-refractivity contribution in [2.45, 2.75) is 45.6 Å². The topological polar surface area (TPSA) is 58.2 Å². The molecular formula is C23H26N2O2. The van der Waals surface area contributed by atoms with Crippen molar-refractivity contribution in [2.24, 2.45) is 0 Å². The number of carbonyl (C=O) groups is 2. The fraction of sp³-hybridized carbons (Fsp3) is 0.304. The van der Waals surface area contributed by atoms with E-state index in [0.717, 1.165) is 35.2 Å². The number of rotatable bonds is 6. The van der Waals surface area contributed by atoms with Crippen LogP contribution in [0.4, 0.5) is 5.69 Å². The average molecular weight is 362 g/mol. The summed E-state index contributed by atoms with van der Waals surface area (Å²) in [5.74, 6) is 0.131. The van der Waals surface area contributed by atoms with Gasteiger partial charge in [-0.1, -0.05) is 44.2 Å². The first kappa shape index (κ1) is 18.9. The molecule has 4 heteroatoms. The molecule has 0 spiro atoms. The van der Waals surface area contributed by atoms with Crippen molar-refractivity contribution in [3.05, 3.63) is 70.8 Å². The summed E-state index contributed by atoms with van der Waals surface area (Å²) in [5.41, 5.74) is 4.58. The molecule has 27 heavy (non-hydrogen) atoms. The predicted octanol–water partition coefficient (Wildman–Crippen LogP) is 4.66. The molecule has 0 bridgehead atoms. The van der Waals surface area contributed by atoms with E-state index in [2.05, 4.69) is 24.5 Å². The highest BCUT2D eigenvalue weighted by Gasteiger charge is 2.23. The molecule has 4 nitrogen and oxygen atoms in total. The van der Waals surface area contributed by atoms with Gasteiger partial charge in [0.15, 0.2) is 0 Å². The number of para-hydroxylation sites is 1. The van der Waals surface area contributed by atoms with Crippen LogP contribution in [0.3, 0.4) is 0 Å². The van der Waals surface area contributed by atoms with Gasteiger partial charge in [0, 0.05) is 23.4 Å². The summed E-state index contributed by atoms with van der Waals surface area (Å²) in [6, 6.07) is 13.7. The van der Waals surface area contributed by atoms with Gasteiger partial charge in [-0.2, -0.15) is 0 Å². The monoisotopic (exact) mass is 362 g/mol. The number of hydrogen-bond donors (Lipinski definition) is 2. The number of benzene rings is 2. The summed E-state index contributed by atoms with van der Waals surface area (Å²) in [5, 5.41) is 5.96. The van der Waals surface area contributed by atoms with Crippen LogP contribution in [0.15, 0.2) is 48.5 Å². The third-order valence-electron chi connectivity index (χ3n) is 4.69. The van der Waals surface area contributed by atoms with Gasteiger partial charge in [-0.3, -0.25) is 9.59 Å². The Morgan fingerprint density at radius 3 is 2.41 bits per heavy atom. The molecule has 1 fully saturated rings. The number of aryl methyl sites for hydroxylation is 1. The average Bonchev–Trinajstić information content (AvgIpc) is 3.46. The van der Waals surface area contributed by atoms with Crippen LogP contribution in [0.1, 0.15) is 59.7 Å². The lowest BCUT2D eigenvalue weighted by Crippen LogP contribution is -2.25. The third-order valence-corrected chi connectivity index (χ3v) is 4.69. The van der Waals surface area contributed by atoms with Gasteiger partial charge in [-0.15, -0.1) is 0 Å². The number of amides is 2. The zero-order valence-corrected chi connectivity index (χ0v) is 16.1. The Morgan fingerprint density at radius 1 is 1.07 bits per heavy atom. The minimum absolute atomic E-state index is 0.0356. The summed E-state index contributed by atoms with van der Waals surface area (Å²) in [7, 11) is 0. The molecule has 1 aliphatic rings. The molecule has 140 valence electrons. The van der Waals surface area contributed by atoms with Crippen LogP contribution in [0.25, 0.3) is 6.08 Å². The van der Waals surface area contributed by atoms with Crippen LogP contribution in [0.5, 0.6) is 0 Å². The quantitative estimate of drug-likeness (QED) is 0.734. The van der Waals surface area contributed by atoms with Gasteiger partial charge in [0.2, 0.25) is 5.91 Å². The predicted molar refractivity (Wildman–Crippen MR) is 110 cm³/mol. The molecule has 3 rings (SSSR count). The van der Waals surface area contributed by atoms with Crippen molar-refractivity contribution in [3.63, 3.8) is 0 Å². The van der Waals surface area contributed by atoms with Gasteiger partial charge >= 0.3 is 0 Å². The molecule has 0 unspecified atom stereocenters. The van der Waals surface area contributed by atoms with Crippen molar-refractivity contribution < 1.29 is 9.59 Å². The van der Waals surface area contributed by atoms with E-state index in [1.54, 1.807) is 18.2 Å². The Hall–Kier alpha value is -2.88. The summed E-state index contributed by atoms with van der Waals surface area (Å²) < 4.78 is 0. The number of anilines is 1. The normalized spacial score (nSPS) is 13.8. The van der Waals surface area contributed by atoms with Gasteiger partial charge in [0.05, 0.1) is 0 Å². The maximum atomic E-state index is 12.4. The molecule has 0 saturated heterocycles. The highest BCUT2D eigenvalue weighted by atomic mass is 16.2. The highest BCUT2D eigenvalue weighted by Crippen LogP contribution is 2.27. The van der Waals surface area contributed by atoms with Crippen molar-refractivity contribution in [1.29, 1.82) is 0 Å². The van der Waals surface area contributed by atoms with E-state index in [-0.39, 0.29) is 11.8 Å². The fourth-order valence-corrected chi connectivity index (χ4v) is 2.92. The van der Waals surface area contributed by atoms with E-state index >= 15 is 0 Å². The van der Waals surface area contributed by atoms with Crippen molar-refractivity contribution in [3.8, 4) is 0 Å². The summed E-state index contributed by atoms with van der Waals surface area (Å²) in [4.78, 5) is 24.4. The van der Waals surface area contributed by atoms with Gasteiger partial charge in [-0.25, -0.2) is 0 Å². The van der Waals surface area contributed by atoms with Crippen molar-refractivity contribution >= 4 is 23.6 Å². The van der Waals surface area contributed by atoms with Gasteiger partial charge in [-0.05, 0) is 60.6 Å². The minimum Gasteiger partial charge on any atom is -0.349 e. The molecule has 0 atom stereocenters. The van der Waals surface area contributed by atoms with Crippen LogP contribution in [0.2, 0.25) is 0 Å². The van der Waals surface area contributed by atoms with Gasteiger partial charge < -0.3 is 10.6 Å². The van der Waals surface area contributed by atoms with E-state index in [4.69, 9.17) is 0 Å². The summed E-state index contributed by atoms with van der Waals surface area (Å²) in [6.07, 6.45) is 5.42. The van der Waals surface area contributed by atoms with Gasteiger partial charge in [0.25, 0.3) is 5.91 Å². The zero-order valence-electron chi connectivity index (χ0n) is 16.1. The summed E-state index contributed by atoms with van der Waals surface area (Å²) in [6.45, 7) is 6.22. The van der Waals surface area contributed by atoms with E-state index in [9.17, 15) is 9.59 Å². The third kappa shape index (κ3) is 5.07. The maximum absolute atomic E-state index is 12.4. The number of nitrogens with one attached hydrogen (secondary N) is 2. The van der Waals surface area contributed by atoms with Crippen molar-refractivity contribution in [2.75, 3.05) is 5.32 Å². The second-order valence-corrected chi connectivity index (χ2v) is 7.39. The fourth-order valence-electron chi connectivity index (χ4n) is 2.92. The smallest absolute Gasteiger partial charge is 0.251 e. The lowest BCUT2D eigenvalue weighted by Gasteiger charge is -2.15.